The number of fused-ring (bicyclic) bond motifs is 1. The molecule has 0 bridgehead atoms. The van der Waals surface area contributed by atoms with Crippen molar-refractivity contribution in [3.63, 3.8) is 0 Å². The summed E-state index contributed by atoms with van der Waals surface area (Å²) in [5.41, 5.74) is 1.49. The van der Waals surface area contributed by atoms with Crippen LogP contribution in [0, 0.1) is 0 Å². The molecule has 3 rings (SSSR count). The Labute approximate surface area is 173 Å². The monoisotopic (exact) mass is 435 g/mol. The first-order valence-corrected chi connectivity index (χ1v) is 11.0. The van der Waals surface area contributed by atoms with Crippen LogP contribution in [0.3, 0.4) is 0 Å². The van der Waals surface area contributed by atoms with Gasteiger partial charge in [0, 0.05) is 25.8 Å². The normalized spacial score (nSPS) is 12.9. The van der Waals surface area contributed by atoms with Gasteiger partial charge in [0.25, 0.3) is 5.22 Å². The number of rotatable bonds is 7. The highest BCUT2D eigenvalue weighted by molar-refractivity contribution is 8.00. The van der Waals surface area contributed by atoms with Crippen LogP contribution in [-0.2, 0) is 14.8 Å². The number of nitrogens with one attached hydrogen (secondary N) is 1. The fourth-order valence-corrected chi connectivity index (χ4v) is 4.14. The zero-order valence-electron chi connectivity index (χ0n) is 16.4. The summed E-state index contributed by atoms with van der Waals surface area (Å²) >= 11 is 1.15. The predicted molar refractivity (Wildman–Crippen MR) is 112 cm³/mol. The number of oxazole rings is 1. The second-order valence-electron chi connectivity index (χ2n) is 6.38. The van der Waals surface area contributed by atoms with Crippen LogP contribution in [0.1, 0.15) is 6.92 Å². The molecule has 0 aliphatic heterocycles. The lowest BCUT2D eigenvalue weighted by atomic mass is 10.3. The number of sulfonamides is 1. The Kier molecular flexibility index (Phi) is 6.15. The smallest absolute Gasteiger partial charge is 0.257 e. The molecule has 1 heterocycles. The highest BCUT2D eigenvalue weighted by Crippen LogP contribution is 2.29. The molecule has 0 saturated carbocycles. The SMILES string of the molecule is COc1cccc(NC(=O)[C@@H](C)Sc2nc3cc(S(=O)(=O)N(C)C)ccc3o2)c1. The number of hydrogen-bond donors (Lipinski definition) is 1. The number of thioether (sulfide) groups is 1. The van der Waals surface area contributed by atoms with Crippen molar-refractivity contribution < 1.29 is 22.4 Å². The van der Waals surface area contributed by atoms with Crippen LogP contribution < -0.4 is 10.1 Å². The Morgan fingerprint density at radius 2 is 2.00 bits per heavy atom. The predicted octanol–water partition coefficient (Wildman–Crippen LogP) is 3.21. The third-order valence-corrected chi connectivity index (χ3v) is 6.86. The van der Waals surface area contributed by atoms with Crippen molar-refractivity contribution in [1.29, 1.82) is 0 Å². The van der Waals surface area contributed by atoms with Gasteiger partial charge in [-0.1, -0.05) is 17.8 Å². The molecule has 3 aromatic rings. The van der Waals surface area contributed by atoms with E-state index in [-0.39, 0.29) is 16.0 Å². The summed E-state index contributed by atoms with van der Waals surface area (Å²) in [5.74, 6) is 0.423. The summed E-state index contributed by atoms with van der Waals surface area (Å²) in [7, 11) is 0.921. The molecule has 0 saturated heterocycles. The minimum Gasteiger partial charge on any atom is -0.497 e. The van der Waals surface area contributed by atoms with E-state index < -0.39 is 15.3 Å². The lowest BCUT2D eigenvalue weighted by molar-refractivity contribution is -0.115. The second kappa shape index (κ2) is 8.44. The molecule has 1 amide bonds. The Morgan fingerprint density at radius 1 is 1.24 bits per heavy atom. The van der Waals surface area contributed by atoms with E-state index in [0.29, 0.717) is 22.5 Å². The van der Waals surface area contributed by atoms with E-state index in [4.69, 9.17) is 9.15 Å². The van der Waals surface area contributed by atoms with Gasteiger partial charge in [-0.2, -0.15) is 0 Å². The number of ether oxygens (including phenoxy) is 1. The van der Waals surface area contributed by atoms with Crippen molar-refractivity contribution in [1.82, 2.24) is 9.29 Å². The molecule has 1 aromatic heterocycles. The maximum Gasteiger partial charge on any atom is 0.257 e. The average Bonchev–Trinajstić information content (AvgIpc) is 3.09. The summed E-state index contributed by atoms with van der Waals surface area (Å²) in [4.78, 5) is 16.9. The number of anilines is 1. The molecular weight excluding hydrogens is 414 g/mol. The molecule has 0 aliphatic carbocycles. The van der Waals surface area contributed by atoms with E-state index in [1.54, 1.807) is 44.4 Å². The van der Waals surface area contributed by atoms with E-state index in [1.807, 2.05) is 0 Å². The molecule has 1 N–H and O–H groups in total. The molecule has 8 nitrogen and oxygen atoms in total. The van der Waals surface area contributed by atoms with Crippen LogP contribution in [0.2, 0.25) is 0 Å². The van der Waals surface area contributed by atoms with Crippen molar-refractivity contribution in [2.45, 2.75) is 22.3 Å². The zero-order valence-corrected chi connectivity index (χ0v) is 18.0. The maximum absolute atomic E-state index is 12.5. The first kappa shape index (κ1) is 21.2. The van der Waals surface area contributed by atoms with Gasteiger partial charge in [-0.3, -0.25) is 4.79 Å². The minimum absolute atomic E-state index is 0.128. The Hall–Kier alpha value is -2.56. The van der Waals surface area contributed by atoms with Crippen molar-refractivity contribution in [2.75, 3.05) is 26.5 Å². The fourth-order valence-electron chi connectivity index (χ4n) is 2.46. The van der Waals surface area contributed by atoms with Crippen LogP contribution in [0.25, 0.3) is 11.1 Å². The molecule has 0 fully saturated rings. The molecule has 0 spiro atoms. The van der Waals surface area contributed by atoms with Gasteiger partial charge in [-0.05, 0) is 37.3 Å². The number of methoxy groups -OCH3 is 1. The van der Waals surface area contributed by atoms with Gasteiger partial charge < -0.3 is 14.5 Å². The largest absolute Gasteiger partial charge is 0.497 e. The highest BCUT2D eigenvalue weighted by atomic mass is 32.2. The first-order valence-electron chi connectivity index (χ1n) is 8.65. The third kappa shape index (κ3) is 4.72. The van der Waals surface area contributed by atoms with Crippen LogP contribution >= 0.6 is 11.8 Å². The van der Waals surface area contributed by atoms with Gasteiger partial charge in [-0.15, -0.1) is 0 Å². The summed E-state index contributed by atoms with van der Waals surface area (Å²) in [6.45, 7) is 1.73. The summed E-state index contributed by atoms with van der Waals surface area (Å²) in [6, 6.07) is 11.5. The van der Waals surface area contributed by atoms with Crippen LogP contribution in [0.5, 0.6) is 5.75 Å². The van der Waals surface area contributed by atoms with Crippen molar-refractivity contribution >= 4 is 44.5 Å². The van der Waals surface area contributed by atoms with Crippen LogP contribution in [0.4, 0.5) is 5.69 Å². The number of nitrogens with zero attached hydrogens (tertiary/aromatic N) is 2. The lowest BCUT2D eigenvalue weighted by Gasteiger charge is -2.10. The van der Waals surface area contributed by atoms with E-state index in [0.717, 1.165) is 16.1 Å². The molecule has 2 aromatic carbocycles. The number of carbonyl (C=O) groups excluding carboxylic acids is 1. The molecule has 0 unspecified atom stereocenters. The van der Waals surface area contributed by atoms with Gasteiger partial charge >= 0.3 is 0 Å². The number of benzene rings is 2. The fraction of sp³-hybridized carbons (Fsp3) is 0.263. The Balaban J connectivity index is 1.74. The number of carbonyl (C=O) groups is 1. The topological polar surface area (TPSA) is 102 Å². The molecule has 0 radical (unpaired) electrons. The first-order chi connectivity index (χ1) is 13.7. The maximum atomic E-state index is 12.5. The van der Waals surface area contributed by atoms with Crippen LogP contribution in [0.15, 0.2) is 57.0 Å². The number of amides is 1. The Morgan fingerprint density at radius 3 is 2.69 bits per heavy atom. The molecule has 29 heavy (non-hydrogen) atoms. The Bertz CT molecular complexity index is 1140. The standard InChI is InChI=1S/C19H21N3O5S2/c1-12(18(23)20-13-6-5-7-14(10-13)26-4)28-19-21-16-11-15(8-9-17(16)27-19)29(24,25)22(2)3/h5-12H,1-4H3,(H,20,23)/t12-/m1/s1. The van der Waals surface area contributed by atoms with Crippen molar-refractivity contribution in [3.8, 4) is 5.75 Å². The van der Waals surface area contributed by atoms with E-state index in [9.17, 15) is 13.2 Å². The average molecular weight is 436 g/mol. The molecule has 1 atom stereocenters. The van der Waals surface area contributed by atoms with Gasteiger partial charge in [0.2, 0.25) is 15.9 Å². The molecule has 154 valence electrons. The lowest BCUT2D eigenvalue weighted by Crippen LogP contribution is -2.22. The number of hydrogen-bond acceptors (Lipinski definition) is 7. The van der Waals surface area contributed by atoms with Gasteiger partial charge in [-0.25, -0.2) is 17.7 Å². The van der Waals surface area contributed by atoms with Crippen LogP contribution in [-0.4, -0.2) is 50.1 Å². The number of aromatic nitrogens is 1. The van der Waals surface area contributed by atoms with E-state index >= 15 is 0 Å². The van der Waals surface area contributed by atoms with Crippen molar-refractivity contribution in [2.24, 2.45) is 0 Å². The zero-order chi connectivity index (χ0) is 21.2. The molecule has 10 heteroatoms. The van der Waals surface area contributed by atoms with E-state index in [1.165, 1.54) is 26.2 Å². The second-order valence-corrected chi connectivity index (χ2v) is 9.82. The summed E-state index contributed by atoms with van der Waals surface area (Å²) in [5, 5.41) is 2.62. The molecule has 0 aliphatic rings. The quantitative estimate of drug-likeness (QED) is 0.569. The highest BCUT2D eigenvalue weighted by Gasteiger charge is 2.21. The summed E-state index contributed by atoms with van der Waals surface area (Å²) in [6.07, 6.45) is 0. The molecular formula is C19H21N3O5S2. The van der Waals surface area contributed by atoms with E-state index in [2.05, 4.69) is 10.3 Å². The van der Waals surface area contributed by atoms with Gasteiger partial charge in [0.15, 0.2) is 5.58 Å². The van der Waals surface area contributed by atoms with Crippen molar-refractivity contribution in [3.05, 3.63) is 42.5 Å². The third-order valence-electron chi connectivity index (χ3n) is 4.10. The minimum atomic E-state index is -3.57. The van der Waals surface area contributed by atoms with Gasteiger partial charge in [0.05, 0.1) is 17.3 Å². The van der Waals surface area contributed by atoms with Gasteiger partial charge in [0.1, 0.15) is 11.3 Å². The summed E-state index contributed by atoms with van der Waals surface area (Å²) < 4.78 is 36.5.